The lowest BCUT2D eigenvalue weighted by molar-refractivity contribution is -0.112. The second-order valence-electron chi connectivity index (χ2n) is 8.82. The zero-order valence-corrected chi connectivity index (χ0v) is 20.0. The van der Waals surface area contributed by atoms with E-state index in [2.05, 4.69) is 25.2 Å². The molecule has 0 aliphatic carbocycles. The molecule has 1 atom stereocenters. The van der Waals surface area contributed by atoms with Gasteiger partial charge in [-0.15, -0.1) is 0 Å². The van der Waals surface area contributed by atoms with Gasteiger partial charge in [0.25, 0.3) is 0 Å². The average Bonchev–Trinajstić information content (AvgIpc) is 3.52. The molecule has 0 spiro atoms. The Morgan fingerprint density at radius 2 is 1.89 bits per heavy atom. The number of nitrogens with one attached hydrogen (secondary N) is 2. The van der Waals surface area contributed by atoms with E-state index in [1.807, 2.05) is 36.4 Å². The first-order valence-electron chi connectivity index (χ1n) is 11.9. The van der Waals surface area contributed by atoms with Crippen molar-refractivity contribution in [3.8, 4) is 11.5 Å². The van der Waals surface area contributed by atoms with Gasteiger partial charge in [-0.25, -0.2) is 9.97 Å². The van der Waals surface area contributed by atoms with Crippen LogP contribution >= 0.6 is 0 Å². The molecule has 1 saturated heterocycles. The standard InChI is InChI=1S/C28H27N5O3/c1-19(34)6-5-14-33-15-13-21(17-33)32-28-25-24(16-29-27(25)30-18-31-28)26(35)20-9-11-23(12-10-20)36-22-7-3-2-4-8-22/h2-12,16,18,21H,13-15,17H2,1H3,(H2,29,30,31,32)/b6-5+. The number of hydrogen-bond acceptors (Lipinski definition) is 7. The maximum atomic E-state index is 13.4. The number of anilines is 1. The van der Waals surface area contributed by atoms with Gasteiger partial charge < -0.3 is 15.0 Å². The van der Waals surface area contributed by atoms with Gasteiger partial charge in [0.2, 0.25) is 0 Å². The Morgan fingerprint density at radius 1 is 1.11 bits per heavy atom. The van der Waals surface area contributed by atoms with Crippen molar-refractivity contribution in [2.24, 2.45) is 0 Å². The first-order chi connectivity index (χ1) is 17.6. The maximum absolute atomic E-state index is 13.4. The molecule has 0 bridgehead atoms. The van der Waals surface area contributed by atoms with E-state index in [0.717, 1.165) is 31.8 Å². The maximum Gasteiger partial charge on any atom is 0.195 e. The number of rotatable bonds is 9. The highest BCUT2D eigenvalue weighted by molar-refractivity contribution is 6.18. The number of para-hydroxylation sites is 1. The molecule has 8 nitrogen and oxygen atoms in total. The van der Waals surface area contributed by atoms with Crippen molar-refractivity contribution >= 4 is 28.4 Å². The normalized spacial score (nSPS) is 16.0. The summed E-state index contributed by atoms with van der Waals surface area (Å²) < 4.78 is 5.84. The number of likely N-dealkylation sites (tertiary alicyclic amines) is 1. The summed E-state index contributed by atoms with van der Waals surface area (Å²) in [4.78, 5) is 38.7. The van der Waals surface area contributed by atoms with Crippen molar-refractivity contribution in [2.45, 2.75) is 19.4 Å². The molecule has 36 heavy (non-hydrogen) atoms. The zero-order chi connectivity index (χ0) is 24.9. The van der Waals surface area contributed by atoms with Crippen LogP contribution in [0.4, 0.5) is 5.82 Å². The molecule has 8 heteroatoms. The number of H-pyrrole nitrogens is 1. The van der Waals surface area contributed by atoms with Crippen molar-refractivity contribution in [2.75, 3.05) is 25.0 Å². The highest BCUT2D eigenvalue weighted by Crippen LogP contribution is 2.28. The SMILES string of the molecule is CC(=O)/C=C/CN1CCC(Nc2ncnc3[nH]cc(C(=O)c4ccc(Oc5ccccc5)cc4)c23)C1. The van der Waals surface area contributed by atoms with Gasteiger partial charge in [0.05, 0.1) is 10.9 Å². The van der Waals surface area contributed by atoms with E-state index in [9.17, 15) is 9.59 Å². The van der Waals surface area contributed by atoms with E-state index in [0.29, 0.717) is 33.7 Å². The molecular weight excluding hydrogens is 454 g/mol. The Morgan fingerprint density at radius 3 is 2.67 bits per heavy atom. The van der Waals surface area contributed by atoms with Gasteiger partial charge in [-0.1, -0.05) is 24.3 Å². The van der Waals surface area contributed by atoms with Gasteiger partial charge in [0, 0.05) is 37.4 Å². The summed E-state index contributed by atoms with van der Waals surface area (Å²) in [5.41, 5.74) is 1.68. The van der Waals surface area contributed by atoms with Crippen LogP contribution in [0.1, 0.15) is 29.3 Å². The monoisotopic (exact) mass is 481 g/mol. The van der Waals surface area contributed by atoms with Gasteiger partial charge in [-0.2, -0.15) is 0 Å². The smallest absolute Gasteiger partial charge is 0.195 e. The summed E-state index contributed by atoms with van der Waals surface area (Å²) in [5.74, 6) is 1.97. The highest BCUT2D eigenvalue weighted by Gasteiger charge is 2.24. The number of aromatic amines is 1. The minimum Gasteiger partial charge on any atom is -0.457 e. The summed E-state index contributed by atoms with van der Waals surface area (Å²) in [6, 6.07) is 16.8. The van der Waals surface area contributed by atoms with Gasteiger partial charge in [0.15, 0.2) is 11.6 Å². The fourth-order valence-electron chi connectivity index (χ4n) is 4.38. The molecule has 3 heterocycles. The second-order valence-corrected chi connectivity index (χ2v) is 8.82. The first-order valence-corrected chi connectivity index (χ1v) is 11.9. The number of fused-ring (bicyclic) bond motifs is 1. The van der Waals surface area contributed by atoms with E-state index in [4.69, 9.17) is 4.74 Å². The van der Waals surface area contributed by atoms with Crippen LogP contribution in [0.25, 0.3) is 11.0 Å². The third kappa shape index (κ3) is 5.34. The van der Waals surface area contributed by atoms with Crippen molar-refractivity contribution in [1.82, 2.24) is 19.9 Å². The topological polar surface area (TPSA) is 100 Å². The third-order valence-electron chi connectivity index (χ3n) is 6.14. The summed E-state index contributed by atoms with van der Waals surface area (Å²) in [7, 11) is 0. The molecule has 0 amide bonds. The van der Waals surface area contributed by atoms with Gasteiger partial charge in [0.1, 0.15) is 29.3 Å². The molecule has 2 aromatic carbocycles. The number of ether oxygens (including phenoxy) is 1. The second kappa shape index (κ2) is 10.5. The molecule has 4 aromatic rings. The fourth-order valence-corrected chi connectivity index (χ4v) is 4.38. The number of benzene rings is 2. The molecular formula is C28H27N5O3. The van der Waals surface area contributed by atoms with E-state index in [-0.39, 0.29) is 17.6 Å². The van der Waals surface area contributed by atoms with E-state index in [1.54, 1.807) is 43.5 Å². The number of aromatic nitrogens is 3. The summed E-state index contributed by atoms with van der Waals surface area (Å²) in [6.07, 6.45) is 7.62. The quantitative estimate of drug-likeness (QED) is 0.266. The van der Waals surface area contributed by atoms with Gasteiger partial charge in [-0.05, 0) is 55.8 Å². The lowest BCUT2D eigenvalue weighted by Crippen LogP contribution is -2.27. The number of carbonyl (C=O) groups excluding carboxylic acids is 2. The summed E-state index contributed by atoms with van der Waals surface area (Å²) >= 11 is 0. The molecule has 1 aliphatic rings. The van der Waals surface area contributed by atoms with E-state index >= 15 is 0 Å². The predicted octanol–water partition coefficient (Wildman–Crippen LogP) is 4.61. The van der Waals surface area contributed by atoms with Crippen LogP contribution in [0.3, 0.4) is 0 Å². The molecule has 1 fully saturated rings. The van der Waals surface area contributed by atoms with Gasteiger partial charge in [-0.3, -0.25) is 14.5 Å². The van der Waals surface area contributed by atoms with Crippen LogP contribution in [-0.4, -0.2) is 57.1 Å². The Kier molecular flexibility index (Phi) is 6.86. The van der Waals surface area contributed by atoms with E-state index in [1.165, 1.54) is 6.33 Å². The largest absolute Gasteiger partial charge is 0.457 e. The van der Waals surface area contributed by atoms with E-state index < -0.39 is 0 Å². The fraction of sp³-hybridized carbons (Fsp3) is 0.214. The molecule has 1 aliphatic heterocycles. The van der Waals surface area contributed by atoms with Crippen LogP contribution in [0.5, 0.6) is 11.5 Å². The molecule has 1 unspecified atom stereocenters. The van der Waals surface area contributed by atoms with Crippen LogP contribution in [0.2, 0.25) is 0 Å². The number of allylic oxidation sites excluding steroid dienone is 1. The minimum absolute atomic E-state index is 0.0512. The number of carbonyl (C=O) groups is 2. The average molecular weight is 482 g/mol. The van der Waals surface area contributed by atoms with Crippen LogP contribution in [0.15, 0.2) is 79.3 Å². The molecule has 0 saturated carbocycles. The number of ketones is 2. The van der Waals surface area contributed by atoms with Crippen LogP contribution in [-0.2, 0) is 4.79 Å². The third-order valence-corrected chi connectivity index (χ3v) is 6.14. The molecule has 2 N–H and O–H groups in total. The van der Waals surface area contributed by atoms with Gasteiger partial charge >= 0.3 is 0 Å². The molecule has 5 rings (SSSR count). The molecule has 2 aromatic heterocycles. The van der Waals surface area contributed by atoms with Crippen molar-refractivity contribution in [1.29, 1.82) is 0 Å². The zero-order valence-electron chi connectivity index (χ0n) is 20.0. The lowest BCUT2D eigenvalue weighted by atomic mass is 10.0. The molecule has 182 valence electrons. The first kappa shape index (κ1) is 23.4. The Labute approximate surface area is 209 Å². The Balaban J connectivity index is 1.31. The molecule has 0 radical (unpaired) electrons. The summed E-state index contributed by atoms with van der Waals surface area (Å²) in [6.45, 7) is 4.03. The lowest BCUT2D eigenvalue weighted by Gasteiger charge is -2.16. The summed E-state index contributed by atoms with van der Waals surface area (Å²) in [5, 5.41) is 4.19. The Bertz CT molecular complexity index is 1400. The van der Waals surface area contributed by atoms with Crippen LogP contribution in [0, 0.1) is 0 Å². The number of nitrogens with zero attached hydrogens (tertiary/aromatic N) is 3. The Hall–Kier alpha value is -4.30. The van der Waals surface area contributed by atoms with Crippen molar-refractivity contribution in [3.63, 3.8) is 0 Å². The predicted molar refractivity (Wildman–Crippen MR) is 139 cm³/mol. The van der Waals surface area contributed by atoms with Crippen molar-refractivity contribution in [3.05, 3.63) is 90.4 Å². The van der Waals surface area contributed by atoms with Crippen molar-refractivity contribution < 1.29 is 14.3 Å². The highest BCUT2D eigenvalue weighted by atomic mass is 16.5. The number of hydrogen-bond donors (Lipinski definition) is 2. The minimum atomic E-state index is -0.118. The van der Waals surface area contributed by atoms with Crippen LogP contribution < -0.4 is 10.1 Å².